The van der Waals surface area contributed by atoms with Gasteiger partial charge in [0.2, 0.25) is 0 Å². The fraction of sp³-hybridized carbons (Fsp3) is 0.571. The van der Waals surface area contributed by atoms with E-state index >= 15 is 0 Å². The highest BCUT2D eigenvalue weighted by molar-refractivity contribution is 5.08. The lowest BCUT2D eigenvalue weighted by atomic mass is 10.3. The zero-order chi connectivity index (χ0) is 8.27. The summed E-state index contributed by atoms with van der Waals surface area (Å²) < 4.78 is 1.70. The summed E-state index contributed by atoms with van der Waals surface area (Å²) in [5.41, 5.74) is 0. The summed E-state index contributed by atoms with van der Waals surface area (Å²) in [5, 5.41) is 15.9. The SMILES string of the molecule is CNC(C)Cn1cc(O)cn1. The molecule has 0 aliphatic carbocycles. The molecule has 0 saturated heterocycles. The molecule has 0 amide bonds. The first-order chi connectivity index (χ1) is 5.22. The summed E-state index contributed by atoms with van der Waals surface area (Å²) in [7, 11) is 1.90. The van der Waals surface area contributed by atoms with E-state index in [4.69, 9.17) is 5.11 Å². The van der Waals surface area contributed by atoms with Crippen LogP contribution in [0.1, 0.15) is 6.92 Å². The van der Waals surface area contributed by atoms with E-state index in [1.165, 1.54) is 6.20 Å². The van der Waals surface area contributed by atoms with E-state index in [-0.39, 0.29) is 5.75 Å². The van der Waals surface area contributed by atoms with Crippen LogP contribution in [0, 0.1) is 0 Å². The molecule has 11 heavy (non-hydrogen) atoms. The second-order valence-electron chi connectivity index (χ2n) is 2.61. The number of aromatic hydroxyl groups is 1. The Kier molecular flexibility index (Phi) is 2.48. The topological polar surface area (TPSA) is 50.1 Å². The van der Waals surface area contributed by atoms with Crippen molar-refractivity contribution in [2.75, 3.05) is 7.05 Å². The smallest absolute Gasteiger partial charge is 0.153 e. The standard InChI is InChI=1S/C7H13N3O/c1-6(8-2)4-10-5-7(11)3-9-10/h3,5-6,8,11H,4H2,1-2H3. The highest BCUT2D eigenvalue weighted by Crippen LogP contribution is 2.04. The van der Waals surface area contributed by atoms with Crippen LogP contribution >= 0.6 is 0 Å². The largest absolute Gasteiger partial charge is 0.505 e. The molecule has 1 aromatic rings. The minimum Gasteiger partial charge on any atom is -0.505 e. The summed E-state index contributed by atoms with van der Waals surface area (Å²) in [4.78, 5) is 0. The fourth-order valence-electron chi connectivity index (χ4n) is 0.824. The Labute approximate surface area is 65.8 Å². The number of nitrogens with one attached hydrogen (secondary N) is 1. The molecule has 1 atom stereocenters. The van der Waals surface area contributed by atoms with Gasteiger partial charge in [0.05, 0.1) is 18.9 Å². The van der Waals surface area contributed by atoms with Crippen molar-refractivity contribution in [3.63, 3.8) is 0 Å². The van der Waals surface area contributed by atoms with Gasteiger partial charge in [-0.25, -0.2) is 0 Å². The van der Waals surface area contributed by atoms with Gasteiger partial charge in [-0.15, -0.1) is 0 Å². The van der Waals surface area contributed by atoms with Crippen LogP contribution in [-0.4, -0.2) is 28.0 Å². The van der Waals surface area contributed by atoms with E-state index in [1.807, 2.05) is 7.05 Å². The lowest BCUT2D eigenvalue weighted by molar-refractivity contribution is 0.463. The Balaban J connectivity index is 2.50. The maximum Gasteiger partial charge on any atom is 0.153 e. The van der Waals surface area contributed by atoms with Crippen molar-refractivity contribution < 1.29 is 5.11 Å². The minimum atomic E-state index is 0.216. The number of likely N-dealkylation sites (N-methyl/N-ethyl adjacent to an activating group) is 1. The fourth-order valence-corrected chi connectivity index (χ4v) is 0.824. The lowest BCUT2D eigenvalue weighted by Gasteiger charge is -2.08. The number of nitrogens with zero attached hydrogens (tertiary/aromatic N) is 2. The Morgan fingerprint density at radius 3 is 3.00 bits per heavy atom. The van der Waals surface area contributed by atoms with Crippen LogP contribution < -0.4 is 5.32 Å². The molecule has 1 rings (SSSR count). The van der Waals surface area contributed by atoms with Crippen LogP contribution in [0.4, 0.5) is 0 Å². The molecule has 4 heteroatoms. The molecule has 1 unspecified atom stereocenters. The highest BCUT2D eigenvalue weighted by Gasteiger charge is 2.00. The first-order valence-electron chi connectivity index (χ1n) is 3.61. The first-order valence-corrected chi connectivity index (χ1v) is 3.61. The highest BCUT2D eigenvalue weighted by atomic mass is 16.3. The van der Waals surface area contributed by atoms with Gasteiger partial charge in [0, 0.05) is 6.04 Å². The van der Waals surface area contributed by atoms with Crippen LogP contribution in [0.5, 0.6) is 5.75 Å². The number of aromatic nitrogens is 2. The quantitative estimate of drug-likeness (QED) is 0.655. The monoisotopic (exact) mass is 155 g/mol. The van der Waals surface area contributed by atoms with E-state index in [2.05, 4.69) is 17.3 Å². The van der Waals surface area contributed by atoms with Crippen molar-refractivity contribution in [2.24, 2.45) is 0 Å². The molecule has 0 bridgehead atoms. The molecular weight excluding hydrogens is 142 g/mol. The molecular formula is C7H13N3O. The van der Waals surface area contributed by atoms with Crippen molar-refractivity contribution >= 4 is 0 Å². The van der Waals surface area contributed by atoms with Crippen LogP contribution in [0.25, 0.3) is 0 Å². The Hall–Kier alpha value is -1.03. The predicted octanol–water partition coefficient (Wildman–Crippen LogP) is 0.197. The predicted molar refractivity (Wildman–Crippen MR) is 42.4 cm³/mol. The zero-order valence-corrected chi connectivity index (χ0v) is 6.78. The Morgan fingerprint density at radius 2 is 2.55 bits per heavy atom. The summed E-state index contributed by atoms with van der Waals surface area (Å²) in [5.74, 6) is 0.216. The van der Waals surface area contributed by atoms with Gasteiger partial charge in [-0.3, -0.25) is 4.68 Å². The summed E-state index contributed by atoms with van der Waals surface area (Å²) in [6.07, 6.45) is 3.04. The van der Waals surface area contributed by atoms with Crippen molar-refractivity contribution in [1.29, 1.82) is 0 Å². The third kappa shape index (κ3) is 2.23. The van der Waals surface area contributed by atoms with E-state index in [0.717, 1.165) is 6.54 Å². The maximum absolute atomic E-state index is 8.93. The van der Waals surface area contributed by atoms with Gasteiger partial charge in [0.1, 0.15) is 0 Å². The molecule has 0 aliphatic heterocycles. The van der Waals surface area contributed by atoms with E-state index in [1.54, 1.807) is 10.9 Å². The maximum atomic E-state index is 8.93. The van der Waals surface area contributed by atoms with Gasteiger partial charge in [-0.2, -0.15) is 5.10 Å². The summed E-state index contributed by atoms with van der Waals surface area (Å²) >= 11 is 0. The van der Waals surface area contributed by atoms with Crippen LogP contribution in [0.15, 0.2) is 12.4 Å². The van der Waals surface area contributed by atoms with E-state index in [0.29, 0.717) is 6.04 Å². The second kappa shape index (κ2) is 3.39. The van der Waals surface area contributed by atoms with Crippen LogP contribution in [0.2, 0.25) is 0 Å². The van der Waals surface area contributed by atoms with Crippen molar-refractivity contribution in [2.45, 2.75) is 19.5 Å². The third-order valence-corrected chi connectivity index (χ3v) is 1.57. The van der Waals surface area contributed by atoms with E-state index < -0.39 is 0 Å². The molecule has 1 heterocycles. The molecule has 1 aromatic heterocycles. The van der Waals surface area contributed by atoms with Gasteiger partial charge in [-0.1, -0.05) is 0 Å². The molecule has 0 spiro atoms. The van der Waals surface area contributed by atoms with Crippen molar-refractivity contribution in [3.05, 3.63) is 12.4 Å². The van der Waals surface area contributed by atoms with E-state index in [9.17, 15) is 0 Å². The van der Waals surface area contributed by atoms with Gasteiger partial charge in [0.15, 0.2) is 5.75 Å². The molecule has 62 valence electrons. The molecule has 2 N–H and O–H groups in total. The van der Waals surface area contributed by atoms with Crippen LogP contribution in [0.3, 0.4) is 0 Å². The van der Waals surface area contributed by atoms with Crippen LogP contribution in [-0.2, 0) is 6.54 Å². The summed E-state index contributed by atoms with van der Waals surface area (Å²) in [6, 6.07) is 0.370. The molecule has 0 radical (unpaired) electrons. The average molecular weight is 155 g/mol. The van der Waals surface area contributed by atoms with Gasteiger partial charge >= 0.3 is 0 Å². The minimum absolute atomic E-state index is 0.216. The number of hydrogen-bond donors (Lipinski definition) is 2. The lowest BCUT2D eigenvalue weighted by Crippen LogP contribution is -2.26. The summed E-state index contributed by atoms with van der Waals surface area (Å²) in [6.45, 7) is 2.83. The molecule has 0 aliphatic rings. The first kappa shape index (κ1) is 8.07. The molecule has 0 fully saturated rings. The number of hydrogen-bond acceptors (Lipinski definition) is 3. The molecule has 0 aromatic carbocycles. The Bertz CT molecular complexity index is 221. The van der Waals surface area contributed by atoms with Crippen molar-refractivity contribution in [3.8, 4) is 5.75 Å². The zero-order valence-electron chi connectivity index (χ0n) is 6.78. The van der Waals surface area contributed by atoms with Gasteiger partial charge < -0.3 is 10.4 Å². The average Bonchev–Trinajstić information content (AvgIpc) is 2.35. The third-order valence-electron chi connectivity index (χ3n) is 1.57. The Morgan fingerprint density at radius 1 is 1.82 bits per heavy atom. The number of rotatable bonds is 3. The molecule has 4 nitrogen and oxygen atoms in total. The normalized spacial score (nSPS) is 13.3. The van der Waals surface area contributed by atoms with Crippen molar-refractivity contribution in [1.82, 2.24) is 15.1 Å². The van der Waals surface area contributed by atoms with Gasteiger partial charge in [-0.05, 0) is 14.0 Å². The molecule has 0 saturated carbocycles. The second-order valence-corrected chi connectivity index (χ2v) is 2.61. The van der Waals surface area contributed by atoms with Gasteiger partial charge in [0.25, 0.3) is 0 Å².